The highest BCUT2D eigenvalue weighted by Gasteiger charge is 2.16. The second-order valence-corrected chi connectivity index (χ2v) is 7.36. The second-order valence-electron chi connectivity index (χ2n) is 5.59. The third-order valence-electron chi connectivity index (χ3n) is 3.71. The summed E-state index contributed by atoms with van der Waals surface area (Å²) in [5.74, 6) is 0. The van der Waals surface area contributed by atoms with Gasteiger partial charge in [-0.2, -0.15) is 0 Å². The van der Waals surface area contributed by atoms with Gasteiger partial charge in [-0.05, 0) is 35.7 Å². The van der Waals surface area contributed by atoms with Crippen LogP contribution in [0.2, 0.25) is 0 Å². The van der Waals surface area contributed by atoms with E-state index in [-0.39, 0.29) is 18.0 Å². The van der Waals surface area contributed by atoms with Crippen molar-refractivity contribution in [1.82, 2.24) is 4.72 Å². The van der Waals surface area contributed by atoms with Crippen molar-refractivity contribution < 1.29 is 13.5 Å². The highest BCUT2D eigenvalue weighted by Crippen LogP contribution is 2.22. The maximum absolute atomic E-state index is 12.5. The molecule has 0 saturated carbocycles. The largest absolute Gasteiger partial charge is 0.392 e. The zero-order valence-electron chi connectivity index (χ0n) is 13.6. The molecule has 0 radical (unpaired) electrons. The fraction of sp³-hybridized carbons (Fsp3) is 0.294. The number of aliphatic hydroxyl groups excluding tert-OH is 1. The van der Waals surface area contributed by atoms with Crippen LogP contribution in [0.3, 0.4) is 0 Å². The zero-order valence-corrected chi connectivity index (χ0v) is 14.4. The highest BCUT2D eigenvalue weighted by atomic mass is 32.2. The van der Waals surface area contributed by atoms with Gasteiger partial charge >= 0.3 is 0 Å². The van der Waals surface area contributed by atoms with E-state index in [2.05, 4.69) is 4.72 Å². The average Bonchev–Trinajstić information content (AvgIpc) is 2.53. The van der Waals surface area contributed by atoms with Crippen molar-refractivity contribution in [1.29, 1.82) is 0 Å². The van der Waals surface area contributed by atoms with Crippen LogP contribution in [0.5, 0.6) is 0 Å². The molecule has 2 aromatic rings. The molecule has 0 amide bonds. The SMILES string of the molecule is Cc1ccc(S(=O)(=O)NCc2ccccc2CO)cc1N(C)C. The average molecular weight is 334 g/mol. The van der Waals surface area contributed by atoms with Crippen LogP contribution < -0.4 is 9.62 Å². The Labute approximate surface area is 137 Å². The van der Waals surface area contributed by atoms with E-state index in [1.807, 2.05) is 38.1 Å². The number of nitrogens with one attached hydrogen (secondary N) is 1. The summed E-state index contributed by atoms with van der Waals surface area (Å²) >= 11 is 0. The van der Waals surface area contributed by atoms with Gasteiger partial charge in [0.05, 0.1) is 11.5 Å². The first-order valence-electron chi connectivity index (χ1n) is 7.30. The molecule has 5 nitrogen and oxygen atoms in total. The summed E-state index contributed by atoms with van der Waals surface area (Å²) in [6.45, 7) is 1.97. The molecular formula is C17H22N2O3S. The third kappa shape index (κ3) is 4.10. The number of rotatable bonds is 6. The first kappa shape index (κ1) is 17.5. The molecule has 0 saturated heterocycles. The molecule has 0 aromatic heterocycles. The van der Waals surface area contributed by atoms with Gasteiger partial charge in [-0.1, -0.05) is 30.3 Å². The van der Waals surface area contributed by atoms with Gasteiger partial charge in [-0.3, -0.25) is 0 Å². The maximum Gasteiger partial charge on any atom is 0.240 e. The molecule has 2 aromatic carbocycles. The minimum Gasteiger partial charge on any atom is -0.392 e. The zero-order chi connectivity index (χ0) is 17.0. The van der Waals surface area contributed by atoms with Gasteiger partial charge in [0.25, 0.3) is 0 Å². The van der Waals surface area contributed by atoms with E-state index < -0.39 is 10.0 Å². The quantitative estimate of drug-likeness (QED) is 0.848. The number of aliphatic hydroxyl groups is 1. The van der Waals surface area contributed by atoms with Crippen molar-refractivity contribution in [3.63, 3.8) is 0 Å². The molecule has 0 aliphatic carbocycles. The molecule has 23 heavy (non-hydrogen) atoms. The van der Waals surface area contributed by atoms with Gasteiger partial charge in [0, 0.05) is 26.3 Å². The Morgan fingerprint density at radius 3 is 2.35 bits per heavy atom. The van der Waals surface area contributed by atoms with Crippen molar-refractivity contribution >= 4 is 15.7 Å². The Balaban J connectivity index is 2.24. The normalized spacial score (nSPS) is 11.5. The van der Waals surface area contributed by atoms with Gasteiger partial charge in [0.2, 0.25) is 10.0 Å². The summed E-state index contributed by atoms with van der Waals surface area (Å²) in [5, 5.41) is 9.31. The molecule has 0 aliphatic rings. The molecular weight excluding hydrogens is 312 g/mol. The maximum atomic E-state index is 12.5. The summed E-state index contributed by atoms with van der Waals surface area (Å²) in [6, 6.07) is 12.3. The summed E-state index contributed by atoms with van der Waals surface area (Å²) in [7, 11) is 0.143. The number of nitrogens with zero attached hydrogens (tertiary/aromatic N) is 1. The Morgan fingerprint density at radius 1 is 1.09 bits per heavy atom. The molecule has 124 valence electrons. The van der Waals surface area contributed by atoms with E-state index in [1.165, 1.54) is 0 Å². The van der Waals surface area contributed by atoms with Crippen LogP contribution in [0.1, 0.15) is 16.7 Å². The topological polar surface area (TPSA) is 69.6 Å². The van der Waals surface area contributed by atoms with E-state index in [0.29, 0.717) is 5.56 Å². The highest BCUT2D eigenvalue weighted by molar-refractivity contribution is 7.89. The van der Waals surface area contributed by atoms with Gasteiger partial charge in [-0.25, -0.2) is 13.1 Å². The smallest absolute Gasteiger partial charge is 0.240 e. The molecule has 2 rings (SSSR count). The summed E-state index contributed by atoms with van der Waals surface area (Å²) < 4.78 is 27.6. The monoisotopic (exact) mass is 334 g/mol. The van der Waals surface area contributed by atoms with Crippen LogP contribution in [0.15, 0.2) is 47.4 Å². The minimum absolute atomic E-state index is 0.118. The molecule has 2 N–H and O–H groups in total. The predicted octanol–water partition coefficient (Wildman–Crippen LogP) is 2.03. The number of anilines is 1. The Kier molecular flexibility index (Phi) is 5.41. The lowest BCUT2D eigenvalue weighted by Gasteiger charge is -2.17. The van der Waals surface area contributed by atoms with Gasteiger partial charge in [0.1, 0.15) is 0 Å². The Hall–Kier alpha value is -1.89. The summed E-state index contributed by atoms with van der Waals surface area (Å²) in [6.07, 6.45) is 0. The lowest BCUT2D eigenvalue weighted by molar-refractivity contribution is 0.280. The molecule has 0 fully saturated rings. The number of hydrogen-bond donors (Lipinski definition) is 2. The van der Waals surface area contributed by atoms with Crippen molar-refractivity contribution in [2.75, 3.05) is 19.0 Å². The van der Waals surface area contributed by atoms with E-state index in [4.69, 9.17) is 0 Å². The molecule has 0 aliphatic heterocycles. The fourth-order valence-electron chi connectivity index (χ4n) is 2.38. The van der Waals surface area contributed by atoms with E-state index in [1.54, 1.807) is 30.3 Å². The van der Waals surface area contributed by atoms with Crippen molar-refractivity contribution in [2.24, 2.45) is 0 Å². The molecule has 0 bridgehead atoms. The number of hydrogen-bond acceptors (Lipinski definition) is 4. The fourth-order valence-corrected chi connectivity index (χ4v) is 3.40. The Morgan fingerprint density at radius 2 is 1.74 bits per heavy atom. The van der Waals surface area contributed by atoms with Crippen LogP contribution in [-0.4, -0.2) is 27.6 Å². The first-order chi connectivity index (χ1) is 10.8. The van der Waals surface area contributed by atoms with Crippen LogP contribution in [0, 0.1) is 6.92 Å². The minimum atomic E-state index is -3.61. The first-order valence-corrected chi connectivity index (χ1v) is 8.79. The molecule has 0 spiro atoms. The summed E-state index contributed by atoms with van der Waals surface area (Å²) in [4.78, 5) is 2.11. The second kappa shape index (κ2) is 7.12. The van der Waals surface area contributed by atoms with E-state index >= 15 is 0 Å². The van der Waals surface area contributed by atoms with Gasteiger partial charge in [0.15, 0.2) is 0 Å². The number of sulfonamides is 1. The summed E-state index contributed by atoms with van der Waals surface area (Å²) in [5.41, 5.74) is 3.36. The van der Waals surface area contributed by atoms with Crippen molar-refractivity contribution in [3.05, 3.63) is 59.2 Å². The number of aryl methyl sites for hydroxylation is 1. The molecule has 0 atom stereocenters. The molecule has 6 heteroatoms. The van der Waals surface area contributed by atoms with Crippen LogP contribution in [-0.2, 0) is 23.2 Å². The third-order valence-corrected chi connectivity index (χ3v) is 5.11. The molecule has 0 heterocycles. The lowest BCUT2D eigenvalue weighted by atomic mass is 10.1. The van der Waals surface area contributed by atoms with Gasteiger partial charge in [-0.15, -0.1) is 0 Å². The standard InChI is InChI=1S/C17H22N2O3S/c1-13-8-9-16(10-17(13)19(2)3)23(21,22)18-11-14-6-4-5-7-15(14)12-20/h4-10,18,20H,11-12H2,1-3H3. The lowest BCUT2D eigenvalue weighted by Crippen LogP contribution is -2.24. The van der Waals surface area contributed by atoms with Crippen LogP contribution in [0.4, 0.5) is 5.69 Å². The number of benzene rings is 2. The Bertz CT molecular complexity index is 786. The molecule has 0 unspecified atom stereocenters. The van der Waals surface area contributed by atoms with Crippen molar-refractivity contribution in [2.45, 2.75) is 25.0 Å². The van der Waals surface area contributed by atoms with Crippen molar-refractivity contribution in [3.8, 4) is 0 Å². The van der Waals surface area contributed by atoms with E-state index in [9.17, 15) is 13.5 Å². The van der Waals surface area contributed by atoms with Crippen LogP contribution >= 0.6 is 0 Å². The van der Waals surface area contributed by atoms with Gasteiger partial charge < -0.3 is 10.0 Å². The van der Waals surface area contributed by atoms with Crippen LogP contribution in [0.25, 0.3) is 0 Å². The van der Waals surface area contributed by atoms with E-state index in [0.717, 1.165) is 16.8 Å². The predicted molar refractivity (Wildman–Crippen MR) is 91.9 cm³/mol.